The Morgan fingerprint density at radius 2 is 1.74 bits per heavy atom. The number of esters is 1. The third-order valence-electron chi connectivity index (χ3n) is 5.26. The number of carbonyl (C=O) groups excluding carboxylic acids is 1. The first kappa shape index (κ1) is 18.0. The maximum atomic E-state index is 11.9. The molecule has 1 aromatic rings. The van der Waals surface area contributed by atoms with Gasteiger partial charge in [-0.1, -0.05) is 18.2 Å². The van der Waals surface area contributed by atoms with Gasteiger partial charge < -0.3 is 14.0 Å². The van der Waals surface area contributed by atoms with Crippen molar-refractivity contribution in [2.24, 2.45) is 0 Å². The van der Waals surface area contributed by atoms with E-state index in [4.69, 9.17) is 14.0 Å². The fourth-order valence-electron chi connectivity index (χ4n) is 2.84. The molecule has 1 aliphatic rings. The van der Waals surface area contributed by atoms with Crippen molar-refractivity contribution in [2.75, 3.05) is 7.11 Å². The molecule has 0 N–H and O–H groups in total. The van der Waals surface area contributed by atoms with Crippen LogP contribution in [-0.2, 0) is 18.8 Å². The molecule has 1 heterocycles. The van der Waals surface area contributed by atoms with Gasteiger partial charge >= 0.3 is 13.1 Å². The molecule has 2 rings (SSSR count). The van der Waals surface area contributed by atoms with Gasteiger partial charge in [0.1, 0.15) is 0 Å². The molecule has 126 valence electrons. The lowest BCUT2D eigenvalue weighted by Crippen LogP contribution is -2.41. The molecule has 1 fully saturated rings. The van der Waals surface area contributed by atoms with Gasteiger partial charge in [0.2, 0.25) is 0 Å². The van der Waals surface area contributed by atoms with Crippen LogP contribution < -0.4 is 0 Å². The van der Waals surface area contributed by atoms with Crippen LogP contribution in [0, 0.1) is 13.8 Å². The van der Waals surface area contributed by atoms with E-state index in [0.717, 1.165) is 11.1 Å². The Labute approximate surface area is 139 Å². The van der Waals surface area contributed by atoms with E-state index in [-0.39, 0.29) is 18.2 Å². The van der Waals surface area contributed by atoms with Crippen LogP contribution in [0.5, 0.6) is 0 Å². The first-order valence-corrected chi connectivity index (χ1v) is 8.07. The maximum absolute atomic E-state index is 11.9. The Morgan fingerprint density at radius 3 is 2.26 bits per heavy atom. The second-order valence-corrected chi connectivity index (χ2v) is 7.30. The Bertz CT molecular complexity index is 579. The summed E-state index contributed by atoms with van der Waals surface area (Å²) >= 11 is 0. The molecule has 0 radical (unpaired) electrons. The van der Waals surface area contributed by atoms with Gasteiger partial charge in [0.05, 0.1) is 24.7 Å². The van der Waals surface area contributed by atoms with Gasteiger partial charge in [0, 0.05) is 5.82 Å². The van der Waals surface area contributed by atoms with E-state index in [1.807, 2.05) is 39.8 Å². The Kier molecular flexibility index (Phi) is 4.93. The lowest BCUT2D eigenvalue weighted by atomic mass is 9.65. The summed E-state index contributed by atoms with van der Waals surface area (Å²) in [6.07, 6.45) is 0.234. The van der Waals surface area contributed by atoms with Gasteiger partial charge in [-0.3, -0.25) is 4.79 Å². The fraction of sp³-hybridized carbons (Fsp3) is 0.611. The quantitative estimate of drug-likeness (QED) is 0.629. The first-order valence-electron chi connectivity index (χ1n) is 8.07. The highest BCUT2D eigenvalue weighted by atomic mass is 16.7. The summed E-state index contributed by atoms with van der Waals surface area (Å²) in [7, 11) is 0.937. The number of hydrogen-bond donors (Lipinski definition) is 0. The van der Waals surface area contributed by atoms with Gasteiger partial charge in [-0.25, -0.2) is 0 Å². The van der Waals surface area contributed by atoms with Crippen molar-refractivity contribution < 1.29 is 18.8 Å². The second-order valence-electron chi connectivity index (χ2n) is 7.30. The van der Waals surface area contributed by atoms with Crippen LogP contribution in [0.25, 0.3) is 0 Å². The van der Waals surface area contributed by atoms with Crippen LogP contribution in [-0.4, -0.2) is 31.4 Å². The van der Waals surface area contributed by atoms with Gasteiger partial charge in [0.25, 0.3) is 0 Å². The van der Waals surface area contributed by atoms with E-state index in [2.05, 4.69) is 19.9 Å². The third kappa shape index (κ3) is 3.46. The van der Waals surface area contributed by atoms with Crippen LogP contribution in [0.15, 0.2) is 18.2 Å². The van der Waals surface area contributed by atoms with Crippen molar-refractivity contribution in [3.8, 4) is 0 Å². The molecule has 0 bridgehead atoms. The smallest absolute Gasteiger partial charge is 0.466 e. The largest absolute Gasteiger partial charge is 0.469 e. The molecule has 1 aliphatic heterocycles. The van der Waals surface area contributed by atoms with Gasteiger partial charge in [-0.2, -0.15) is 0 Å². The summed E-state index contributed by atoms with van der Waals surface area (Å²) in [6.45, 7) is 12.2. The zero-order chi connectivity index (χ0) is 17.4. The molecular weight excluding hydrogens is 291 g/mol. The molecule has 1 aromatic carbocycles. The van der Waals surface area contributed by atoms with Gasteiger partial charge in [-0.15, -0.1) is 0 Å². The summed E-state index contributed by atoms with van der Waals surface area (Å²) in [4.78, 5) is 11.9. The van der Waals surface area contributed by atoms with Crippen molar-refractivity contribution in [3.05, 3.63) is 34.9 Å². The highest BCUT2D eigenvalue weighted by Crippen LogP contribution is 2.42. The Balaban J connectivity index is 2.40. The minimum Gasteiger partial charge on any atom is -0.469 e. The maximum Gasteiger partial charge on any atom is 0.466 e. The van der Waals surface area contributed by atoms with Gasteiger partial charge in [-0.05, 0) is 58.2 Å². The zero-order valence-corrected chi connectivity index (χ0v) is 15.2. The molecule has 0 spiro atoms. The lowest BCUT2D eigenvalue weighted by molar-refractivity contribution is -0.140. The molecule has 1 atom stereocenters. The molecule has 23 heavy (non-hydrogen) atoms. The van der Waals surface area contributed by atoms with E-state index < -0.39 is 18.3 Å². The summed E-state index contributed by atoms with van der Waals surface area (Å²) in [5.74, 6) is -0.450. The summed E-state index contributed by atoms with van der Waals surface area (Å²) < 4.78 is 17.3. The van der Waals surface area contributed by atoms with Crippen LogP contribution >= 0.6 is 0 Å². The number of rotatable bonds is 4. The average Bonchev–Trinajstić information content (AvgIpc) is 2.67. The number of ether oxygens (including phenoxy) is 1. The van der Waals surface area contributed by atoms with Crippen molar-refractivity contribution in [3.63, 3.8) is 0 Å². The number of aryl methyl sites for hydroxylation is 1. The second kappa shape index (κ2) is 6.29. The number of hydrogen-bond acceptors (Lipinski definition) is 4. The summed E-state index contributed by atoms with van der Waals surface area (Å²) in [5, 5.41) is 0. The predicted molar refractivity (Wildman–Crippen MR) is 91.4 cm³/mol. The topological polar surface area (TPSA) is 44.8 Å². The molecule has 0 aromatic heterocycles. The summed E-state index contributed by atoms with van der Waals surface area (Å²) in [5.41, 5.74) is 2.58. The van der Waals surface area contributed by atoms with Crippen molar-refractivity contribution in [2.45, 2.75) is 65.0 Å². The number of methoxy groups -OCH3 is 1. The van der Waals surface area contributed by atoms with Crippen molar-refractivity contribution in [1.29, 1.82) is 0 Å². The van der Waals surface area contributed by atoms with Crippen molar-refractivity contribution in [1.82, 2.24) is 0 Å². The third-order valence-corrected chi connectivity index (χ3v) is 5.26. The van der Waals surface area contributed by atoms with E-state index in [0.29, 0.717) is 0 Å². The highest BCUT2D eigenvalue weighted by molar-refractivity contribution is 6.48. The van der Waals surface area contributed by atoms with E-state index in [1.165, 1.54) is 12.7 Å². The lowest BCUT2D eigenvalue weighted by Gasteiger charge is -2.32. The molecule has 0 aliphatic carbocycles. The summed E-state index contributed by atoms with van der Waals surface area (Å²) in [6, 6.07) is 6.12. The molecule has 1 saturated heterocycles. The monoisotopic (exact) mass is 318 g/mol. The molecule has 0 saturated carbocycles. The highest BCUT2D eigenvalue weighted by Gasteiger charge is 2.54. The average molecular weight is 318 g/mol. The standard InChI is InChI=1S/C18H27BO4/c1-12-9-8-10-14(13(12)2)15(11-16(20)21-7)19-22-17(3,4)18(5,6)23-19/h8-10,15H,11H2,1-7H3. The molecule has 0 amide bonds. The SMILES string of the molecule is COC(=O)CC(B1OC(C)(C)C(C)(C)O1)c1cccc(C)c1C. The minimum atomic E-state index is -0.473. The zero-order valence-electron chi connectivity index (χ0n) is 15.2. The van der Waals surface area contributed by atoms with Crippen LogP contribution in [0.4, 0.5) is 0 Å². The molecular formula is C18H27BO4. The Morgan fingerprint density at radius 1 is 1.17 bits per heavy atom. The molecule has 5 heteroatoms. The first-order chi connectivity index (χ1) is 10.6. The predicted octanol–water partition coefficient (Wildman–Crippen LogP) is 3.58. The van der Waals surface area contributed by atoms with E-state index in [1.54, 1.807) is 0 Å². The molecule has 1 unspecified atom stereocenters. The Hall–Kier alpha value is -1.33. The number of benzene rings is 1. The van der Waals surface area contributed by atoms with E-state index >= 15 is 0 Å². The van der Waals surface area contributed by atoms with Gasteiger partial charge in [0.15, 0.2) is 0 Å². The van der Waals surface area contributed by atoms with Crippen LogP contribution in [0.3, 0.4) is 0 Å². The normalized spacial score (nSPS) is 20.4. The van der Waals surface area contributed by atoms with Crippen molar-refractivity contribution >= 4 is 13.1 Å². The minimum absolute atomic E-state index is 0.191. The van der Waals surface area contributed by atoms with E-state index in [9.17, 15) is 4.79 Å². The molecule has 4 nitrogen and oxygen atoms in total. The number of carbonyl (C=O) groups is 1. The fourth-order valence-corrected chi connectivity index (χ4v) is 2.84. The van der Waals surface area contributed by atoms with Crippen LogP contribution in [0.1, 0.15) is 56.6 Å². The van der Waals surface area contributed by atoms with Crippen LogP contribution in [0.2, 0.25) is 0 Å².